The number of carboxylic acids is 1. The highest BCUT2D eigenvalue weighted by Gasteiger charge is 2.38. The molecular weight excluding hydrogens is 315 g/mol. The second kappa shape index (κ2) is 9.02. The molecule has 1 aromatic rings. The Kier molecular flexibility index (Phi) is 7.37. The minimum Gasteiger partial charge on any atom is -0.475 e. The number of carbonyl (C=O) groups is 2. The van der Waals surface area contributed by atoms with E-state index >= 15 is 0 Å². The lowest BCUT2D eigenvalue weighted by Crippen LogP contribution is -2.35. The fourth-order valence-electron chi connectivity index (χ4n) is 1.89. The van der Waals surface area contributed by atoms with Crippen LogP contribution in [0.3, 0.4) is 0 Å². The highest BCUT2D eigenvalue weighted by molar-refractivity contribution is 5.73. The van der Waals surface area contributed by atoms with Crippen LogP contribution < -0.4 is 0 Å². The third kappa shape index (κ3) is 7.53. The van der Waals surface area contributed by atoms with Crippen LogP contribution in [0.25, 0.3) is 0 Å². The van der Waals surface area contributed by atoms with Crippen molar-refractivity contribution in [2.45, 2.75) is 32.0 Å². The molecule has 0 spiro atoms. The van der Waals surface area contributed by atoms with Crippen molar-refractivity contribution in [3.8, 4) is 0 Å². The van der Waals surface area contributed by atoms with Crippen molar-refractivity contribution >= 4 is 12.1 Å². The second-order valence-corrected chi connectivity index (χ2v) is 4.89. The highest BCUT2D eigenvalue weighted by atomic mass is 19.4. The largest absolute Gasteiger partial charge is 0.490 e. The Bertz CT molecular complexity index is 499. The van der Waals surface area contributed by atoms with Gasteiger partial charge >= 0.3 is 18.2 Å². The second-order valence-electron chi connectivity index (χ2n) is 4.89. The molecule has 1 saturated heterocycles. The first-order valence-corrected chi connectivity index (χ1v) is 7.06. The number of alkyl halides is 3. The fraction of sp³-hybridized carbons (Fsp3) is 0.467. The summed E-state index contributed by atoms with van der Waals surface area (Å²) in [5, 5.41) is 7.12. The van der Waals surface area contributed by atoms with Gasteiger partial charge in [-0.1, -0.05) is 30.3 Å². The molecule has 1 heterocycles. The molecule has 128 valence electrons. The van der Waals surface area contributed by atoms with Gasteiger partial charge in [-0.25, -0.2) is 9.59 Å². The van der Waals surface area contributed by atoms with E-state index in [0.29, 0.717) is 6.61 Å². The van der Waals surface area contributed by atoms with Gasteiger partial charge in [0.2, 0.25) is 0 Å². The lowest BCUT2D eigenvalue weighted by atomic mass is 10.1. The van der Waals surface area contributed by atoms with Crippen LogP contribution in [0.1, 0.15) is 24.8 Å². The number of amides is 1. The van der Waals surface area contributed by atoms with Gasteiger partial charge in [-0.2, -0.15) is 13.2 Å². The van der Waals surface area contributed by atoms with E-state index in [4.69, 9.17) is 14.6 Å². The van der Waals surface area contributed by atoms with Crippen molar-refractivity contribution in [3.63, 3.8) is 0 Å². The van der Waals surface area contributed by atoms with Crippen molar-refractivity contribution in [1.29, 1.82) is 0 Å². The van der Waals surface area contributed by atoms with Gasteiger partial charge in [0.15, 0.2) is 0 Å². The van der Waals surface area contributed by atoms with Gasteiger partial charge in [-0.15, -0.1) is 0 Å². The van der Waals surface area contributed by atoms with Crippen LogP contribution >= 0.6 is 0 Å². The number of likely N-dealkylation sites (tertiary alicyclic amines) is 1. The molecule has 0 atom stereocenters. The molecule has 1 aromatic carbocycles. The van der Waals surface area contributed by atoms with Gasteiger partial charge in [0, 0.05) is 13.1 Å². The van der Waals surface area contributed by atoms with Crippen molar-refractivity contribution < 1.29 is 32.6 Å². The molecule has 0 saturated carbocycles. The van der Waals surface area contributed by atoms with Crippen molar-refractivity contribution in [2.24, 2.45) is 0 Å². The summed E-state index contributed by atoms with van der Waals surface area (Å²) in [6.45, 7) is 2.05. The Balaban J connectivity index is 0.000000322. The molecule has 1 N–H and O–H groups in total. The molecule has 23 heavy (non-hydrogen) atoms. The van der Waals surface area contributed by atoms with E-state index in [-0.39, 0.29) is 6.09 Å². The quantitative estimate of drug-likeness (QED) is 0.900. The van der Waals surface area contributed by atoms with Gasteiger partial charge in [0.1, 0.15) is 6.61 Å². The van der Waals surface area contributed by atoms with E-state index in [1.54, 1.807) is 4.90 Å². The maximum atomic E-state index is 11.7. The lowest BCUT2D eigenvalue weighted by molar-refractivity contribution is -0.192. The number of hydrogen-bond acceptors (Lipinski definition) is 3. The number of carboxylic acid groups (broad SMARTS) is 1. The van der Waals surface area contributed by atoms with Crippen molar-refractivity contribution in [1.82, 2.24) is 4.90 Å². The number of ether oxygens (including phenoxy) is 1. The summed E-state index contributed by atoms with van der Waals surface area (Å²) in [5.74, 6) is -2.76. The summed E-state index contributed by atoms with van der Waals surface area (Å²) < 4.78 is 37.0. The monoisotopic (exact) mass is 333 g/mol. The highest BCUT2D eigenvalue weighted by Crippen LogP contribution is 2.13. The van der Waals surface area contributed by atoms with E-state index in [9.17, 15) is 18.0 Å². The van der Waals surface area contributed by atoms with Gasteiger partial charge in [0.25, 0.3) is 0 Å². The number of halogens is 3. The molecular formula is C15H18F3NO4. The van der Waals surface area contributed by atoms with E-state index in [1.165, 1.54) is 6.42 Å². The normalized spacial score (nSPS) is 14.5. The first kappa shape index (κ1) is 18.8. The van der Waals surface area contributed by atoms with Crippen LogP contribution in [0.4, 0.5) is 18.0 Å². The molecule has 1 aliphatic heterocycles. The summed E-state index contributed by atoms with van der Waals surface area (Å²) in [6, 6.07) is 9.77. The summed E-state index contributed by atoms with van der Waals surface area (Å²) >= 11 is 0. The number of rotatable bonds is 2. The third-order valence-electron chi connectivity index (χ3n) is 3.06. The van der Waals surface area contributed by atoms with Gasteiger partial charge in [0.05, 0.1) is 0 Å². The van der Waals surface area contributed by atoms with Gasteiger partial charge < -0.3 is 14.7 Å². The molecule has 0 unspecified atom stereocenters. The molecule has 8 heteroatoms. The predicted octanol–water partition coefficient (Wildman–Crippen LogP) is 3.44. The number of piperidine rings is 1. The molecule has 0 bridgehead atoms. The summed E-state index contributed by atoms with van der Waals surface area (Å²) in [7, 11) is 0. The van der Waals surface area contributed by atoms with E-state index in [1.807, 2.05) is 30.3 Å². The zero-order valence-electron chi connectivity index (χ0n) is 12.4. The van der Waals surface area contributed by atoms with Crippen LogP contribution in [-0.2, 0) is 16.1 Å². The molecule has 0 radical (unpaired) electrons. The third-order valence-corrected chi connectivity index (χ3v) is 3.06. The predicted molar refractivity (Wildman–Crippen MR) is 75.7 cm³/mol. The maximum Gasteiger partial charge on any atom is 0.490 e. The fourth-order valence-corrected chi connectivity index (χ4v) is 1.89. The lowest BCUT2D eigenvalue weighted by Gasteiger charge is -2.25. The van der Waals surface area contributed by atoms with E-state index < -0.39 is 12.1 Å². The smallest absolute Gasteiger partial charge is 0.475 e. The van der Waals surface area contributed by atoms with Crippen LogP contribution in [-0.4, -0.2) is 41.3 Å². The average Bonchev–Trinajstić information content (AvgIpc) is 2.54. The maximum absolute atomic E-state index is 11.7. The average molecular weight is 333 g/mol. The van der Waals surface area contributed by atoms with Crippen LogP contribution in [0.2, 0.25) is 0 Å². The molecule has 0 aliphatic carbocycles. The first-order chi connectivity index (χ1) is 10.8. The number of aliphatic carboxylic acids is 1. The van der Waals surface area contributed by atoms with Crippen LogP contribution in [0.5, 0.6) is 0 Å². The van der Waals surface area contributed by atoms with Crippen molar-refractivity contribution in [2.75, 3.05) is 13.1 Å². The zero-order chi connectivity index (χ0) is 17.3. The number of carbonyl (C=O) groups excluding carboxylic acids is 1. The molecule has 5 nitrogen and oxygen atoms in total. The molecule has 1 aliphatic rings. The Morgan fingerprint density at radius 1 is 1.09 bits per heavy atom. The number of hydrogen-bond donors (Lipinski definition) is 1. The molecule has 2 rings (SSSR count). The Hall–Kier alpha value is -2.25. The number of benzene rings is 1. The Morgan fingerprint density at radius 3 is 2.09 bits per heavy atom. The van der Waals surface area contributed by atoms with Gasteiger partial charge in [-0.3, -0.25) is 0 Å². The van der Waals surface area contributed by atoms with Gasteiger partial charge in [-0.05, 0) is 24.8 Å². The Morgan fingerprint density at radius 2 is 1.61 bits per heavy atom. The molecule has 0 aromatic heterocycles. The molecule has 1 amide bonds. The van der Waals surface area contributed by atoms with E-state index in [0.717, 1.165) is 31.5 Å². The summed E-state index contributed by atoms with van der Waals surface area (Å²) in [4.78, 5) is 22.4. The summed E-state index contributed by atoms with van der Waals surface area (Å²) in [6.07, 6.45) is -1.84. The topological polar surface area (TPSA) is 66.8 Å². The standard InChI is InChI=1S/C13H17NO2.C2HF3O2/c15-13(14-9-5-2-6-10-14)16-11-12-7-3-1-4-8-12;3-2(4,5)1(6)7/h1,3-4,7-8H,2,5-6,9-11H2;(H,6,7). The summed E-state index contributed by atoms with van der Waals surface area (Å²) in [5.41, 5.74) is 1.04. The van der Waals surface area contributed by atoms with Crippen molar-refractivity contribution in [3.05, 3.63) is 35.9 Å². The Labute approximate surface area is 131 Å². The SMILES string of the molecule is O=C(O)C(F)(F)F.O=C(OCc1ccccc1)N1CCCCC1. The van der Waals surface area contributed by atoms with Crippen LogP contribution in [0.15, 0.2) is 30.3 Å². The zero-order valence-corrected chi connectivity index (χ0v) is 12.4. The first-order valence-electron chi connectivity index (χ1n) is 7.06. The molecule has 1 fully saturated rings. The number of nitrogens with zero attached hydrogens (tertiary/aromatic N) is 1. The minimum absolute atomic E-state index is 0.177. The minimum atomic E-state index is -5.08. The van der Waals surface area contributed by atoms with E-state index in [2.05, 4.69) is 0 Å². The van der Waals surface area contributed by atoms with Crippen LogP contribution in [0, 0.1) is 0 Å².